The van der Waals surface area contributed by atoms with Crippen LogP contribution in [0.15, 0.2) is 110 Å². The lowest BCUT2D eigenvalue weighted by Gasteiger charge is -2.56. The average Bonchev–Trinajstić information content (AvgIpc) is 3.24. The van der Waals surface area contributed by atoms with Crippen molar-refractivity contribution in [3.63, 3.8) is 0 Å². The molecule has 6 rings (SSSR count). The molecule has 0 fully saturated rings. The maximum atomic E-state index is 4.95. The molecule has 2 atom stereocenters. The van der Waals surface area contributed by atoms with E-state index in [0.717, 1.165) is 11.5 Å². The van der Waals surface area contributed by atoms with Crippen LogP contribution in [0.3, 0.4) is 0 Å². The van der Waals surface area contributed by atoms with E-state index in [1.54, 1.807) is 0 Å². The largest absolute Gasteiger partial charge is 0.316 e. The van der Waals surface area contributed by atoms with Gasteiger partial charge in [-0.2, -0.15) is 0 Å². The molecular weight excluding hydrogens is 414 g/mol. The minimum absolute atomic E-state index is 0.0279. The quantitative estimate of drug-likeness (QED) is 0.301. The summed E-state index contributed by atoms with van der Waals surface area (Å²) >= 11 is 0. The molecule has 3 nitrogen and oxygen atoms in total. The number of nitrogens with zero attached hydrogens (tertiary/aromatic N) is 3. The van der Waals surface area contributed by atoms with E-state index < -0.39 is 0 Å². The van der Waals surface area contributed by atoms with E-state index in [0.29, 0.717) is 0 Å². The summed E-state index contributed by atoms with van der Waals surface area (Å²) in [5.41, 5.74) is 6.83. The molecule has 2 unspecified atom stereocenters. The normalized spacial score (nSPS) is 22.0. The second kappa shape index (κ2) is 7.33. The Morgan fingerprint density at radius 1 is 0.735 bits per heavy atom. The van der Waals surface area contributed by atoms with Gasteiger partial charge in [0, 0.05) is 28.3 Å². The molecule has 2 aliphatic rings. The van der Waals surface area contributed by atoms with Crippen LogP contribution in [0.25, 0.3) is 11.1 Å². The number of allylic oxidation sites excluding steroid dienone is 1. The number of anilines is 4. The molecule has 0 aliphatic carbocycles. The first-order valence-electron chi connectivity index (χ1n) is 11.9. The number of para-hydroxylation sites is 2. The molecule has 2 aliphatic heterocycles. The van der Waals surface area contributed by atoms with E-state index in [2.05, 4.69) is 128 Å². The fourth-order valence-electron chi connectivity index (χ4n) is 5.93. The molecule has 4 aromatic rings. The Hall–Kier alpha value is -3.85. The molecule has 0 bridgehead atoms. The zero-order valence-corrected chi connectivity index (χ0v) is 19.9. The molecule has 0 spiro atoms. The fraction of sp³-hybridized carbons (Fsp3) is 0.194. The van der Waals surface area contributed by atoms with Gasteiger partial charge in [0.1, 0.15) is 6.17 Å². The Labute approximate surface area is 202 Å². The number of aromatic nitrogens is 1. The Morgan fingerprint density at radius 2 is 1.38 bits per heavy atom. The highest BCUT2D eigenvalue weighted by molar-refractivity contribution is 5.93. The monoisotopic (exact) mass is 443 g/mol. The summed E-state index contributed by atoms with van der Waals surface area (Å²) in [5, 5.41) is 0. The van der Waals surface area contributed by atoms with E-state index in [4.69, 9.17) is 4.98 Å². The fourth-order valence-corrected chi connectivity index (χ4v) is 5.93. The van der Waals surface area contributed by atoms with Crippen molar-refractivity contribution in [1.29, 1.82) is 0 Å². The SMILES string of the molecule is C=CC1(C)c2ccccc2N2c3cccnc3N(c3ccccc3-c3ccccc3)C2C1(C)C. The lowest BCUT2D eigenvalue weighted by atomic mass is 9.58. The van der Waals surface area contributed by atoms with Gasteiger partial charge in [0.15, 0.2) is 5.82 Å². The molecule has 1 aromatic heterocycles. The van der Waals surface area contributed by atoms with E-state index in [1.165, 1.54) is 28.1 Å². The third kappa shape index (κ3) is 2.61. The third-order valence-corrected chi connectivity index (χ3v) is 8.11. The van der Waals surface area contributed by atoms with Crippen LogP contribution in [-0.2, 0) is 5.41 Å². The summed E-state index contributed by atoms with van der Waals surface area (Å²) in [6.45, 7) is 11.4. The van der Waals surface area contributed by atoms with Crippen LogP contribution in [0.1, 0.15) is 26.3 Å². The highest BCUT2D eigenvalue weighted by Gasteiger charge is 2.59. The molecule has 0 saturated heterocycles. The van der Waals surface area contributed by atoms with E-state index in [9.17, 15) is 0 Å². The molecule has 34 heavy (non-hydrogen) atoms. The van der Waals surface area contributed by atoms with Gasteiger partial charge in [-0.25, -0.2) is 4.98 Å². The Kier molecular flexibility index (Phi) is 4.47. The second-order valence-corrected chi connectivity index (χ2v) is 9.99. The first-order valence-corrected chi connectivity index (χ1v) is 11.9. The van der Waals surface area contributed by atoms with Gasteiger partial charge in [0.05, 0.1) is 11.4 Å². The highest BCUT2D eigenvalue weighted by atomic mass is 15.5. The second-order valence-electron chi connectivity index (χ2n) is 9.99. The van der Waals surface area contributed by atoms with E-state index in [1.807, 2.05) is 12.3 Å². The third-order valence-electron chi connectivity index (χ3n) is 8.11. The zero-order valence-electron chi connectivity index (χ0n) is 19.9. The molecule has 3 heteroatoms. The lowest BCUT2D eigenvalue weighted by Crippen LogP contribution is -2.60. The molecule has 3 aromatic carbocycles. The number of hydrogen-bond acceptors (Lipinski definition) is 3. The van der Waals surface area contributed by atoms with Gasteiger partial charge in [-0.15, -0.1) is 6.58 Å². The maximum Gasteiger partial charge on any atom is 0.158 e. The molecular formula is C31H29N3. The zero-order chi connectivity index (χ0) is 23.5. The van der Waals surface area contributed by atoms with Gasteiger partial charge >= 0.3 is 0 Å². The van der Waals surface area contributed by atoms with Crippen LogP contribution in [-0.4, -0.2) is 11.1 Å². The smallest absolute Gasteiger partial charge is 0.158 e. The number of fused-ring (bicyclic) bond motifs is 5. The number of rotatable bonds is 3. The van der Waals surface area contributed by atoms with Gasteiger partial charge in [0.2, 0.25) is 0 Å². The first-order chi connectivity index (χ1) is 16.5. The maximum absolute atomic E-state index is 4.95. The number of pyridine rings is 1. The van der Waals surface area contributed by atoms with E-state index >= 15 is 0 Å². The van der Waals surface area contributed by atoms with Crippen LogP contribution in [0.4, 0.5) is 22.9 Å². The van der Waals surface area contributed by atoms with Crippen molar-refractivity contribution in [2.75, 3.05) is 9.80 Å². The van der Waals surface area contributed by atoms with Crippen LogP contribution in [0.2, 0.25) is 0 Å². The summed E-state index contributed by atoms with van der Waals surface area (Å²) in [6.07, 6.45) is 4.07. The van der Waals surface area contributed by atoms with Crippen molar-refractivity contribution in [1.82, 2.24) is 4.98 Å². The topological polar surface area (TPSA) is 19.4 Å². The Bertz CT molecular complexity index is 1390. The van der Waals surface area contributed by atoms with Crippen LogP contribution < -0.4 is 9.80 Å². The van der Waals surface area contributed by atoms with Gasteiger partial charge < -0.3 is 9.80 Å². The molecule has 168 valence electrons. The van der Waals surface area contributed by atoms with Crippen molar-refractivity contribution >= 4 is 22.9 Å². The predicted molar refractivity (Wildman–Crippen MR) is 142 cm³/mol. The predicted octanol–water partition coefficient (Wildman–Crippen LogP) is 7.85. The van der Waals surface area contributed by atoms with Gasteiger partial charge in [-0.3, -0.25) is 0 Å². The van der Waals surface area contributed by atoms with Crippen molar-refractivity contribution in [3.8, 4) is 11.1 Å². The van der Waals surface area contributed by atoms with Crippen molar-refractivity contribution < 1.29 is 0 Å². The van der Waals surface area contributed by atoms with Gasteiger partial charge in [-0.1, -0.05) is 93.6 Å². The highest BCUT2D eigenvalue weighted by Crippen LogP contribution is 2.62. The summed E-state index contributed by atoms with van der Waals surface area (Å²) in [4.78, 5) is 9.89. The van der Waals surface area contributed by atoms with E-state index in [-0.39, 0.29) is 17.0 Å². The van der Waals surface area contributed by atoms with Crippen LogP contribution in [0, 0.1) is 5.41 Å². The first kappa shape index (κ1) is 20.7. The van der Waals surface area contributed by atoms with Crippen LogP contribution >= 0.6 is 0 Å². The minimum Gasteiger partial charge on any atom is -0.316 e. The minimum atomic E-state index is -0.229. The molecule has 0 amide bonds. The average molecular weight is 444 g/mol. The Balaban J connectivity index is 1.67. The summed E-state index contributed by atoms with van der Waals surface area (Å²) in [7, 11) is 0. The molecule has 3 heterocycles. The summed E-state index contributed by atoms with van der Waals surface area (Å²) in [6, 6.07) is 32.3. The molecule has 0 N–H and O–H groups in total. The Morgan fingerprint density at radius 3 is 2.15 bits per heavy atom. The van der Waals surface area contributed by atoms with Crippen LogP contribution in [0.5, 0.6) is 0 Å². The van der Waals surface area contributed by atoms with Crippen molar-refractivity contribution in [3.05, 3.63) is 115 Å². The number of hydrogen-bond donors (Lipinski definition) is 0. The molecule has 0 saturated carbocycles. The number of benzene rings is 3. The summed E-state index contributed by atoms with van der Waals surface area (Å²) in [5.74, 6) is 0.993. The van der Waals surface area contributed by atoms with Gasteiger partial charge in [-0.05, 0) is 35.4 Å². The standard InChI is InChI=1S/C31H29N3/c1-5-31(4)24-17-10-12-19-26(24)33-27-20-13-21-32-28(27)34(29(33)30(31,2)3)25-18-11-9-16-23(25)22-14-7-6-8-15-22/h5-21,29H,1H2,2-4H3. The molecule has 0 radical (unpaired) electrons. The summed E-state index contributed by atoms with van der Waals surface area (Å²) < 4.78 is 0. The lowest BCUT2D eigenvalue weighted by molar-refractivity contribution is 0.171. The van der Waals surface area contributed by atoms with Crippen molar-refractivity contribution in [2.24, 2.45) is 5.41 Å². The van der Waals surface area contributed by atoms with Gasteiger partial charge in [0.25, 0.3) is 0 Å². The van der Waals surface area contributed by atoms with Crippen molar-refractivity contribution in [2.45, 2.75) is 32.4 Å².